The molecule has 0 N–H and O–H groups in total. The van der Waals surface area contributed by atoms with E-state index in [0.717, 1.165) is 0 Å². The molecule has 3 aromatic rings. The summed E-state index contributed by atoms with van der Waals surface area (Å²) in [4.78, 5) is 3.92. The van der Waals surface area contributed by atoms with Crippen LogP contribution in [0.25, 0.3) is 0 Å². The van der Waals surface area contributed by atoms with Gasteiger partial charge in [-0.15, -0.1) is 0 Å². The normalized spacial score (nSPS) is 21.8. The summed E-state index contributed by atoms with van der Waals surface area (Å²) in [6.07, 6.45) is 2.74. The smallest absolute Gasteiger partial charge is 0.217 e. The molecule has 2 unspecified atom stereocenters. The summed E-state index contributed by atoms with van der Waals surface area (Å²) in [7, 11) is 0. The predicted molar refractivity (Wildman–Crippen MR) is 101 cm³/mol. The van der Waals surface area contributed by atoms with Gasteiger partial charge in [-0.1, -0.05) is 23.2 Å². The molecular weight excluding hydrogens is 408 g/mol. The minimum absolute atomic E-state index is 0.0157. The minimum Gasteiger partial charge on any atom is -0.454 e. The second kappa shape index (κ2) is 7.67. The second-order valence-corrected chi connectivity index (χ2v) is 7.25. The molecule has 2 heterocycles. The number of aromatic nitrogens is 3. The molecule has 9 heteroatoms. The maximum Gasteiger partial charge on any atom is 0.217 e. The first kappa shape index (κ1) is 19.1. The van der Waals surface area contributed by atoms with Crippen LogP contribution in [-0.2, 0) is 21.8 Å². The Morgan fingerprint density at radius 1 is 1.29 bits per heavy atom. The molecule has 2 atom stereocenters. The van der Waals surface area contributed by atoms with Gasteiger partial charge in [0.15, 0.2) is 11.6 Å². The molecule has 0 saturated carbocycles. The van der Waals surface area contributed by atoms with Crippen molar-refractivity contribution in [3.8, 4) is 11.5 Å². The Hall–Kier alpha value is -2.19. The highest BCUT2D eigenvalue weighted by molar-refractivity contribution is 6.31. The molecule has 0 radical (unpaired) electrons. The van der Waals surface area contributed by atoms with Gasteiger partial charge in [-0.25, -0.2) is 14.1 Å². The van der Waals surface area contributed by atoms with Crippen LogP contribution in [0.5, 0.6) is 11.5 Å². The largest absolute Gasteiger partial charge is 0.454 e. The maximum atomic E-state index is 14.8. The van der Waals surface area contributed by atoms with Crippen molar-refractivity contribution in [1.29, 1.82) is 0 Å². The van der Waals surface area contributed by atoms with Crippen LogP contribution in [0, 0.1) is 5.82 Å². The first-order chi connectivity index (χ1) is 13.4. The standard InChI is InChI=1S/C19H16Cl2FN3O3/c1-12-8-26-19(28-12,9-25-11-23-10-24-25)15-6-17(22)18(7-16(15)21)27-14-4-2-13(20)3-5-14/h2-7,10-12H,8-9H2,1H3. The van der Waals surface area contributed by atoms with E-state index in [1.807, 2.05) is 6.92 Å². The summed E-state index contributed by atoms with van der Waals surface area (Å²) >= 11 is 12.3. The highest BCUT2D eigenvalue weighted by Gasteiger charge is 2.44. The number of rotatable bonds is 5. The molecular formula is C19H16Cl2FN3O3. The molecule has 0 amide bonds. The lowest BCUT2D eigenvalue weighted by Crippen LogP contribution is -2.34. The molecule has 4 rings (SSSR count). The van der Waals surface area contributed by atoms with Gasteiger partial charge in [-0.2, -0.15) is 5.10 Å². The third-order valence-electron chi connectivity index (χ3n) is 4.25. The summed E-state index contributed by atoms with van der Waals surface area (Å²) in [6, 6.07) is 9.25. The number of benzene rings is 2. The molecule has 1 saturated heterocycles. The fraction of sp³-hybridized carbons (Fsp3) is 0.263. The fourth-order valence-electron chi connectivity index (χ4n) is 3.01. The SMILES string of the molecule is CC1COC(Cn2cncn2)(c2cc(F)c(Oc3ccc(Cl)cc3)cc2Cl)O1. The summed E-state index contributed by atoms with van der Waals surface area (Å²) in [6.45, 7) is 2.38. The van der Waals surface area contributed by atoms with E-state index in [2.05, 4.69) is 10.1 Å². The Labute approximate surface area is 170 Å². The summed E-state index contributed by atoms with van der Waals surface area (Å²) in [5.74, 6) is -1.45. The van der Waals surface area contributed by atoms with Crippen molar-refractivity contribution in [3.05, 3.63) is 70.5 Å². The van der Waals surface area contributed by atoms with Crippen molar-refractivity contribution in [1.82, 2.24) is 14.8 Å². The van der Waals surface area contributed by atoms with Crippen LogP contribution in [0.15, 0.2) is 49.1 Å². The zero-order valence-electron chi connectivity index (χ0n) is 14.8. The van der Waals surface area contributed by atoms with Crippen molar-refractivity contribution in [2.75, 3.05) is 6.61 Å². The fourth-order valence-corrected chi connectivity index (χ4v) is 3.43. The average molecular weight is 424 g/mol. The van der Waals surface area contributed by atoms with Crippen LogP contribution in [-0.4, -0.2) is 27.5 Å². The lowest BCUT2D eigenvalue weighted by Gasteiger charge is -2.29. The molecule has 146 valence electrons. The van der Waals surface area contributed by atoms with Gasteiger partial charge in [0.1, 0.15) is 24.9 Å². The molecule has 2 aromatic carbocycles. The van der Waals surface area contributed by atoms with Crippen molar-refractivity contribution < 1.29 is 18.6 Å². The molecule has 1 aliphatic rings. The Morgan fingerprint density at radius 3 is 2.71 bits per heavy atom. The summed E-state index contributed by atoms with van der Waals surface area (Å²) < 4.78 is 33.9. The average Bonchev–Trinajstić information content (AvgIpc) is 3.30. The lowest BCUT2D eigenvalue weighted by atomic mass is 10.0. The first-order valence-corrected chi connectivity index (χ1v) is 9.28. The zero-order chi connectivity index (χ0) is 19.7. The van der Waals surface area contributed by atoms with E-state index in [9.17, 15) is 4.39 Å². The molecule has 1 aromatic heterocycles. The van der Waals surface area contributed by atoms with Crippen LogP contribution in [0.2, 0.25) is 10.0 Å². The third kappa shape index (κ3) is 3.84. The summed E-state index contributed by atoms with van der Waals surface area (Å²) in [5.41, 5.74) is 0.356. The quantitative estimate of drug-likeness (QED) is 0.589. The van der Waals surface area contributed by atoms with Crippen molar-refractivity contribution >= 4 is 23.2 Å². The van der Waals surface area contributed by atoms with E-state index < -0.39 is 11.6 Å². The highest BCUT2D eigenvalue weighted by atomic mass is 35.5. The van der Waals surface area contributed by atoms with Crippen LogP contribution in [0.3, 0.4) is 0 Å². The molecule has 6 nitrogen and oxygen atoms in total. The van der Waals surface area contributed by atoms with Crippen molar-refractivity contribution in [3.63, 3.8) is 0 Å². The van der Waals surface area contributed by atoms with Gasteiger partial charge in [-0.3, -0.25) is 0 Å². The van der Waals surface area contributed by atoms with Gasteiger partial charge in [0.2, 0.25) is 5.79 Å². The van der Waals surface area contributed by atoms with Crippen LogP contribution < -0.4 is 4.74 Å². The van der Waals surface area contributed by atoms with E-state index in [1.54, 1.807) is 28.9 Å². The monoisotopic (exact) mass is 423 g/mol. The number of halogens is 3. The third-order valence-corrected chi connectivity index (χ3v) is 4.82. The maximum absolute atomic E-state index is 14.8. The molecule has 1 fully saturated rings. The second-order valence-electron chi connectivity index (χ2n) is 6.40. The molecule has 0 spiro atoms. The number of nitrogens with zero attached hydrogens (tertiary/aromatic N) is 3. The van der Waals surface area contributed by atoms with E-state index in [-0.39, 0.29) is 23.4 Å². The Bertz CT molecular complexity index is 969. The van der Waals surface area contributed by atoms with Gasteiger partial charge >= 0.3 is 0 Å². The van der Waals surface area contributed by atoms with E-state index in [0.29, 0.717) is 22.9 Å². The molecule has 1 aliphatic heterocycles. The number of ether oxygens (including phenoxy) is 3. The van der Waals surface area contributed by atoms with Gasteiger partial charge in [0.05, 0.1) is 17.7 Å². The Morgan fingerprint density at radius 2 is 2.07 bits per heavy atom. The van der Waals surface area contributed by atoms with Gasteiger partial charge in [0, 0.05) is 16.7 Å². The van der Waals surface area contributed by atoms with Gasteiger partial charge in [-0.05, 0) is 37.3 Å². The number of hydrogen-bond donors (Lipinski definition) is 0. The number of hydrogen-bond acceptors (Lipinski definition) is 5. The van der Waals surface area contributed by atoms with Crippen LogP contribution in [0.1, 0.15) is 12.5 Å². The van der Waals surface area contributed by atoms with Gasteiger partial charge < -0.3 is 14.2 Å². The molecule has 0 bridgehead atoms. The minimum atomic E-state index is -1.27. The Balaban J connectivity index is 1.68. The van der Waals surface area contributed by atoms with Crippen molar-refractivity contribution in [2.45, 2.75) is 25.4 Å². The topological polar surface area (TPSA) is 58.4 Å². The van der Waals surface area contributed by atoms with Gasteiger partial charge in [0.25, 0.3) is 0 Å². The van der Waals surface area contributed by atoms with E-state index in [1.165, 1.54) is 24.8 Å². The molecule has 28 heavy (non-hydrogen) atoms. The first-order valence-electron chi connectivity index (χ1n) is 8.52. The molecule has 0 aliphatic carbocycles. The summed E-state index contributed by atoms with van der Waals surface area (Å²) in [5, 5.41) is 4.89. The van der Waals surface area contributed by atoms with Crippen molar-refractivity contribution in [2.24, 2.45) is 0 Å². The lowest BCUT2D eigenvalue weighted by molar-refractivity contribution is -0.187. The Kier molecular flexibility index (Phi) is 5.25. The van der Waals surface area contributed by atoms with E-state index in [4.69, 9.17) is 37.4 Å². The van der Waals surface area contributed by atoms with Crippen LogP contribution >= 0.6 is 23.2 Å². The van der Waals surface area contributed by atoms with Crippen LogP contribution in [0.4, 0.5) is 4.39 Å². The predicted octanol–water partition coefficient (Wildman–Crippen LogP) is 4.80. The zero-order valence-corrected chi connectivity index (χ0v) is 16.3. The highest BCUT2D eigenvalue weighted by Crippen LogP contribution is 2.42. The van der Waals surface area contributed by atoms with E-state index >= 15 is 0 Å².